The highest BCUT2D eigenvalue weighted by Gasteiger charge is 2.28. The number of aryl methyl sites for hydroxylation is 1. The number of fused-ring (bicyclic) bond motifs is 8. The van der Waals surface area contributed by atoms with Gasteiger partial charge in [0.2, 0.25) is 5.82 Å². The van der Waals surface area contributed by atoms with Crippen molar-refractivity contribution in [2.24, 2.45) is 0 Å². The van der Waals surface area contributed by atoms with Crippen LogP contribution in [-0.2, 0) is 12.8 Å². The maximum Gasteiger partial charge on any atom is 0.200 e. The van der Waals surface area contributed by atoms with Gasteiger partial charge < -0.3 is 0 Å². The Labute approximate surface area is 181 Å². The van der Waals surface area contributed by atoms with Crippen molar-refractivity contribution in [2.45, 2.75) is 12.8 Å². The van der Waals surface area contributed by atoms with Crippen LogP contribution in [0.3, 0.4) is 0 Å². The third-order valence-electron chi connectivity index (χ3n) is 5.85. The molecule has 0 saturated heterocycles. The molecule has 0 N–H and O–H groups in total. The Morgan fingerprint density at radius 1 is 0.613 bits per heavy atom. The summed E-state index contributed by atoms with van der Waals surface area (Å²) in [5.74, 6) is -9.44. The maximum atomic E-state index is 14.0. The van der Waals surface area contributed by atoms with Gasteiger partial charge in [-0.1, -0.05) is 12.1 Å². The molecule has 0 unspecified atom stereocenters. The van der Waals surface area contributed by atoms with Crippen molar-refractivity contribution >= 4 is 42.8 Å². The highest BCUT2D eigenvalue weighted by atomic mass is 32.1. The first-order valence-corrected chi connectivity index (χ1v) is 11.2. The van der Waals surface area contributed by atoms with Gasteiger partial charge in [-0.3, -0.25) is 0 Å². The van der Waals surface area contributed by atoms with Crippen LogP contribution in [-0.4, -0.2) is 0 Å². The lowest BCUT2D eigenvalue weighted by molar-refractivity contribution is 0.370. The van der Waals surface area contributed by atoms with E-state index < -0.39 is 34.6 Å². The molecular formula is C24H11F5S2. The molecule has 0 bridgehead atoms. The van der Waals surface area contributed by atoms with Crippen molar-refractivity contribution in [3.8, 4) is 22.3 Å². The fourth-order valence-corrected chi connectivity index (χ4v) is 6.25. The summed E-state index contributed by atoms with van der Waals surface area (Å²) in [5.41, 5.74) is 3.97. The second kappa shape index (κ2) is 6.61. The Bertz CT molecular complexity index is 1510. The molecule has 1 aliphatic carbocycles. The first-order chi connectivity index (χ1) is 15.0. The van der Waals surface area contributed by atoms with Crippen LogP contribution >= 0.6 is 22.7 Å². The third-order valence-corrected chi connectivity index (χ3v) is 7.89. The third kappa shape index (κ3) is 2.56. The quantitative estimate of drug-likeness (QED) is 0.142. The minimum Gasteiger partial charge on any atom is -0.203 e. The lowest BCUT2D eigenvalue weighted by Crippen LogP contribution is -2.08. The highest BCUT2D eigenvalue weighted by Crippen LogP contribution is 2.55. The maximum absolute atomic E-state index is 14.0. The van der Waals surface area contributed by atoms with Crippen molar-refractivity contribution in [3.63, 3.8) is 0 Å². The average Bonchev–Trinajstić information content (AvgIpc) is 3.38. The molecule has 0 atom stereocenters. The predicted molar refractivity (Wildman–Crippen MR) is 115 cm³/mol. The molecule has 0 spiro atoms. The zero-order valence-corrected chi connectivity index (χ0v) is 17.3. The molecule has 0 fully saturated rings. The van der Waals surface area contributed by atoms with Gasteiger partial charge in [-0.2, -0.15) is 0 Å². The molecule has 2 aromatic heterocycles. The first kappa shape index (κ1) is 19.0. The van der Waals surface area contributed by atoms with Crippen molar-refractivity contribution in [1.29, 1.82) is 0 Å². The van der Waals surface area contributed by atoms with E-state index in [4.69, 9.17) is 0 Å². The Morgan fingerprint density at radius 2 is 1.23 bits per heavy atom. The normalized spacial score (nSPS) is 12.3. The van der Waals surface area contributed by atoms with Gasteiger partial charge in [-0.05, 0) is 64.7 Å². The molecule has 0 amide bonds. The van der Waals surface area contributed by atoms with E-state index in [1.54, 1.807) is 11.3 Å². The smallest absolute Gasteiger partial charge is 0.200 e. The van der Waals surface area contributed by atoms with E-state index in [2.05, 4.69) is 29.6 Å². The van der Waals surface area contributed by atoms with Crippen LogP contribution in [0.1, 0.15) is 10.4 Å². The summed E-state index contributed by atoms with van der Waals surface area (Å²) >= 11 is 3.17. The summed E-state index contributed by atoms with van der Waals surface area (Å²) in [4.78, 5) is 0.831. The topological polar surface area (TPSA) is 0 Å². The molecule has 0 radical (unpaired) electrons. The molecule has 7 heteroatoms. The van der Waals surface area contributed by atoms with E-state index in [0.717, 1.165) is 20.5 Å². The number of hydrogen-bond acceptors (Lipinski definition) is 2. The Kier molecular flexibility index (Phi) is 4.04. The van der Waals surface area contributed by atoms with E-state index in [0.29, 0.717) is 0 Å². The van der Waals surface area contributed by atoms with Crippen molar-refractivity contribution < 1.29 is 22.0 Å². The van der Waals surface area contributed by atoms with Crippen LogP contribution in [0.15, 0.2) is 41.8 Å². The summed E-state index contributed by atoms with van der Waals surface area (Å²) in [6.45, 7) is 0. The fraction of sp³-hybridized carbons (Fsp3) is 0.0833. The highest BCUT2D eigenvalue weighted by molar-refractivity contribution is 7.19. The lowest BCUT2D eigenvalue weighted by Gasteiger charge is -2.25. The summed E-state index contributed by atoms with van der Waals surface area (Å²) in [6.07, 6.45) is -0.0875. The Morgan fingerprint density at radius 3 is 1.94 bits per heavy atom. The van der Waals surface area contributed by atoms with Gasteiger partial charge >= 0.3 is 0 Å². The molecule has 1 aliphatic rings. The standard InChI is InChI=1S/C24H11F5S2/c25-20-14(21(26)23(28)24(29)22(20)27)2-1-10-9-15-17(31-10)6-4-13-18-11-7-8-30-16(11)5-3-12(18)19(13)15/h3-9H,1-2H2. The SMILES string of the molecule is Fc1c(F)c(F)c(CCc2cc3c4c(ccc3s2)-c2c-4ccc3sccc23)c(F)c1F. The van der Waals surface area contributed by atoms with Crippen LogP contribution in [0.5, 0.6) is 0 Å². The molecule has 2 heterocycles. The molecule has 5 aromatic rings. The van der Waals surface area contributed by atoms with Crippen molar-refractivity contribution in [1.82, 2.24) is 0 Å². The Hall–Kier alpha value is -2.77. The van der Waals surface area contributed by atoms with E-state index in [-0.39, 0.29) is 12.8 Å². The molecular weight excluding hydrogens is 447 g/mol. The van der Waals surface area contributed by atoms with Crippen LogP contribution in [0.25, 0.3) is 42.4 Å². The summed E-state index contributed by atoms with van der Waals surface area (Å²) in [7, 11) is 0. The average molecular weight is 458 g/mol. The molecule has 154 valence electrons. The van der Waals surface area contributed by atoms with Crippen LogP contribution in [0.2, 0.25) is 0 Å². The molecule has 6 rings (SSSR count). The van der Waals surface area contributed by atoms with Gasteiger partial charge in [-0.25, -0.2) is 22.0 Å². The van der Waals surface area contributed by atoms with Gasteiger partial charge in [0.05, 0.1) is 0 Å². The zero-order valence-electron chi connectivity index (χ0n) is 15.7. The molecule has 3 aromatic carbocycles. The van der Waals surface area contributed by atoms with E-state index in [1.165, 1.54) is 38.1 Å². The second-order valence-electron chi connectivity index (χ2n) is 7.48. The van der Waals surface area contributed by atoms with Crippen molar-refractivity contribution in [3.05, 3.63) is 81.3 Å². The Balaban J connectivity index is 1.37. The molecule has 0 nitrogen and oxygen atoms in total. The van der Waals surface area contributed by atoms with Crippen LogP contribution < -0.4 is 0 Å². The van der Waals surface area contributed by atoms with E-state index >= 15 is 0 Å². The summed E-state index contributed by atoms with van der Waals surface area (Å²) in [6, 6.07) is 12.4. The van der Waals surface area contributed by atoms with E-state index in [9.17, 15) is 22.0 Å². The predicted octanol–water partition coefficient (Wildman–Crippen LogP) is 8.24. The van der Waals surface area contributed by atoms with Gasteiger partial charge in [-0.15, -0.1) is 22.7 Å². The lowest BCUT2D eigenvalue weighted by atomic mass is 9.77. The largest absolute Gasteiger partial charge is 0.203 e. The monoisotopic (exact) mass is 458 g/mol. The van der Waals surface area contributed by atoms with E-state index in [1.807, 2.05) is 12.1 Å². The number of rotatable bonds is 3. The summed E-state index contributed by atoms with van der Waals surface area (Å²) < 4.78 is 70.4. The fourth-order valence-electron chi connectivity index (χ4n) is 4.38. The van der Waals surface area contributed by atoms with Crippen LogP contribution in [0, 0.1) is 29.1 Å². The van der Waals surface area contributed by atoms with Gasteiger partial charge in [0.25, 0.3) is 0 Å². The second-order valence-corrected chi connectivity index (χ2v) is 9.60. The molecule has 0 aliphatic heterocycles. The van der Waals surface area contributed by atoms with Crippen LogP contribution in [0.4, 0.5) is 22.0 Å². The first-order valence-electron chi connectivity index (χ1n) is 9.52. The van der Waals surface area contributed by atoms with Gasteiger partial charge in [0, 0.05) is 30.6 Å². The summed E-state index contributed by atoms with van der Waals surface area (Å²) in [5, 5.41) is 4.36. The van der Waals surface area contributed by atoms with Gasteiger partial charge in [0.1, 0.15) is 0 Å². The number of benzene rings is 3. The minimum atomic E-state index is -2.13. The zero-order chi connectivity index (χ0) is 21.4. The minimum absolute atomic E-state index is 0.183. The van der Waals surface area contributed by atoms with Crippen molar-refractivity contribution in [2.75, 3.05) is 0 Å². The number of hydrogen-bond donors (Lipinski definition) is 0. The number of halogens is 5. The number of thiophene rings is 2. The molecule has 31 heavy (non-hydrogen) atoms. The van der Waals surface area contributed by atoms with Gasteiger partial charge in [0.15, 0.2) is 23.3 Å². The molecule has 0 saturated carbocycles.